The number of nitro benzene ring substituents is 1. The van der Waals surface area contributed by atoms with Gasteiger partial charge in [-0.05, 0) is 25.5 Å². The van der Waals surface area contributed by atoms with Crippen molar-refractivity contribution < 1.29 is 14.5 Å². The Labute approximate surface area is 149 Å². The standard InChI is InChI=1S/C14H17ClN4O4.ClH/c15-10-4-1-5-11(19(22)23)13(10)14(21)17-8-12(20)18-9-3-2-6-16-7-9;/h1,4-5,9,16H,2-3,6-8H2,(H,17,21)(H,18,20);1H. The lowest BCUT2D eigenvalue weighted by atomic mass is 10.1. The van der Waals surface area contributed by atoms with Crippen LogP contribution in [0.2, 0.25) is 5.02 Å². The fourth-order valence-electron chi connectivity index (χ4n) is 2.39. The highest BCUT2D eigenvalue weighted by atomic mass is 35.5. The Morgan fingerprint density at radius 1 is 1.42 bits per heavy atom. The number of carbonyl (C=O) groups is 2. The van der Waals surface area contributed by atoms with Gasteiger partial charge in [-0.3, -0.25) is 19.7 Å². The van der Waals surface area contributed by atoms with E-state index in [0.717, 1.165) is 19.4 Å². The fourth-order valence-corrected chi connectivity index (χ4v) is 2.65. The lowest BCUT2D eigenvalue weighted by Crippen LogP contribution is -2.48. The van der Waals surface area contributed by atoms with E-state index >= 15 is 0 Å². The Morgan fingerprint density at radius 2 is 2.17 bits per heavy atom. The van der Waals surface area contributed by atoms with Gasteiger partial charge in [0.25, 0.3) is 11.6 Å². The molecule has 2 rings (SSSR count). The second-order valence-electron chi connectivity index (χ2n) is 5.18. The van der Waals surface area contributed by atoms with E-state index in [9.17, 15) is 19.7 Å². The van der Waals surface area contributed by atoms with Gasteiger partial charge >= 0.3 is 0 Å². The lowest BCUT2D eigenvalue weighted by molar-refractivity contribution is -0.385. The van der Waals surface area contributed by atoms with Gasteiger partial charge in [0.2, 0.25) is 5.91 Å². The fraction of sp³-hybridized carbons (Fsp3) is 0.429. The number of rotatable bonds is 5. The van der Waals surface area contributed by atoms with Gasteiger partial charge < -0.3 is 16.0 Å². The lowest BCUT2D eigenvalue weighted by Gasteiger charge is -2.23. The van der Waals surface area contributed by atoms with Crippen molar-refractivity contribution in [2.24, 2.45) is 0 Å². The van der Waals surface area contributed by atoms with E-state index < -0.39 is 16.5 Å². The number of piperidine rings is 1. The summed E-state index contributed by atoms with van der Waals surface area (Å²) >= 11 is 5.87. The number of amides is 2. The topological polar surface area (TPSA) is 113 Å². The Hall–Kier alpha value is -1.90. The molecular weight excluding hydrogens is 359 g/mol. The smallest absolute Gasteiger partial charge is 0.283 e. The number of hydrogen-bond donors (Lipinski definition) is 3. The first-order valence-corrected chi connectivity index (χ1v) is 7.58. The van der Waals surface area contributed by atoms with Crippen molar-refractivity contribution in [1.82, 2.24) is 16.0 Å². The van der Waals surface area contributed by atoms with Crippen molar-refractivity contribution in [2.45, 2.75) is 18.9 Å². The molecule has 1 unspecified atom stereocenters. The van der Waals surface area contributed by atoms with Gasteiger partial charge in [-0.2, -0.15) is 0 Å². The van der Waals surface area contributed by atoms with Crippen molar-refractivity contribution in [1.29, 1.82) is 0 Å². The summed E-state index contributed by atoms with van der Waals surface area (Å²) in [5, 5.41) is 19.2. The summed E-state index contributed by atoms with van der Waals surface area (Å²) in [6, 6.07) is 3.99. The van der Waals surface area contributed by atoms with Gasteiger partial charge in [0, 0.05) is 18.7 Å². The summed E-state index contributed by atoms with van der Waals surface area (Å²) in [5.74, 6) is -1.10. The molecule has 2 amide bonds. The minimum absolute atomic E-state index is 0. The second-order valence-corrected chi connectivity index (χ2v) is 5.59. The first-order chi connectivity index (χ1) is 11.0. The Bertz CT molecular complexity index is 621. The molecule has 1 fully saturated rings. The minimum Gasteiger partial charge on any atom is -0.351 e. The highest BCUT2D eigenvalue weighted by Crippen LogP contribution is 2.25. The van der Waals surface area contributed by atoms with Crippen LogP contribution < -0.4 is 16.0 Å². The number of benzene rings is 1. The van der Waals surface area contributed by atoms with Crippen LogP contribution in [0.1, 0.15) is 23.2 Å². The van der Waals surface area contributed by atoms with Gasteiger partial charge in [0.1, 0.15) is 5.56 Å². The van der Waals surface area contributed by atoms with Crippen molar-refractivity contribution in [3.05, 3.63) is 38.9 Å². The van der Waals surface area contributed by atoms with E-state index in [1.165, 1.54) is 18.2 Å². The molecule has 0 aliphatic carbocycles. The SMILES string of the molecule is Cl.O=C(CNC(=O)c1c(Cl)cccc1[N+](=O)[O-])NC1CCCNC1. The molecule has 24 heavy (non-hydrogen) atoms. The zero-order valence-electron chi connectivity index (χ0n) is 12.7. The van der Waals surface area contributed by atoms with Crippen LogP contribution in [-0.4, -0.2) is 42.4 Å². The molecule has 8 nitrogen and oxygen atoms in total. The van der Waals surface area contributed by atoms with Crippen LogP contribution in [0.15, 0.2) is 18.2 Å². The Kier molecular flexibility index (Phi) is 7.90. The van der Waals surface area contributed by atoms with Crippen LogP contribution >= 0.6 is 24.0 Å². The zero-order valence-corrected chi connectivity index (χ0v) is 14.3. The normalized spacial score (nSPS) is 16.6. The minimum atomic E-state index is -0.751. The summed E-state index contributed by atoms with van der Waals surface area (Å²) in [5.41, 5.74) is -0.641. The summed E-state index contributed by atoms with van der Waals surface area (Å²) in [7, 11) is 0. The highest BCUT2D eigenvalue weighted by Gasteiger charge is 2.24. The van der Waals surface area contributed by atoms with Crippen LogP contribution in [0, 0.1) is 10.1 Å². The van der Waals surface area contributed by atoms with Crippen LogP contribution in [-0.2, 0) is 4.79 Å². The molecule has 1 aliphatic heterocycles. The molecule has 1 aromatic rings. The van der Waals surface area contributed by atoms with Crippen LogP contribution in [0.5, 0.6) is 0 Å². The number of nitro groups is 1. The molecular formula is C14H18Cl2N4O4. The molecule has 0 bridgehead atoms. The van der Waals surface area contributed by atoms with E-state index in [2.05, 4.69) is 16.0 Å². The zero-order chi connectivity index (χ0) is 16.8. The molecule has 0 saturated carbocycles. The monoisotopic (exact) mass is 376 g/mol. The van der Waals surface area contributed by atoms with E-state index in [-0.39, 0.29) is 41.5 Å². The average molecular weight is 377 g/mol. The molecule has 1 aromatic carbocycles. The van der Waals surface area contributed by atoms with Gasteiger partial charge in [-0.25, -0.2) is 0 Å². The molecule has 1 heterocycles. The van der Waals surface area contributed by atoms with Crippen molar-refractivity contribution in [2.75, 3.05) is 19.6 Å². The first kappa shape index (κ1) is 20.1. The third-order valence-electron chi connectivity index (χ3n) is 3.49. The first-order valence-electron chi connectivity index (χ1n) is 7.20. The van der Waals surface area contributed by atoms with Gasteiger partial charge in [0.05, 0.1) is 16.5 Å². The summed E-state index contributed by atoms with van der Waals surface area (Å²) < 4.78 is 0. The predicted molar refractivity (Wildman–Crippen MR) is 91.7 cm³/mol. The van der Waals surface area contributed by atoms with Crippen LogP contribution in [0.4, 0.5) is 5.69 Å². The Morgan fingerprint density at radius 3 is 2.79 bits per heavy atom. The number of hydrogen-bond acceptors (Lipinski definition) is 5. The summed E-state index contributed by atoms with van der Waals surface area (Å²) in [4.78, 5) is 34.2. The number of halogens is 2. The maximum Gasteiger partial charge on any atom is 0.283 e. The molecule has 0 aromatic heterocycles. The molecule has 10 heteroatoms. The third kappa shape index (κ3) is 5.33. The molecule has 1 atom stereocenters. The molecule has 1 saturated heterocycles. The summed E-state index contributed by atoms with van der Waals surface area (Å²) in [6.07, 6.45) is 1.85. The van der Waals surface area contributed by atoms with Crippen LogP contribution in [0.3, 0.4) is 0 Å². The summed E-state index contributed by atoms with van der Waals surface area (Å²) in [6.45, 7) is 1.35. The second kappa shape index (κ2) is 9.41. The molecule has 132 valence electrons. The van der Waals surface area contributed by atoms with E-state index in [4.69, 9.17) is 11.6 Å². The van der Waals surface area contributed by atoms with Crippen molar-refractivity contribution in [3.8, 4) is 0 Å². The van der Waals surface area contributed by atoms with E-state index in [1.807, 2.05) is 0 Å². The molecule has 1 aliphatic rings. The maximum atomic E-state index is 12.1. The maximum absolute atomic E-state index is 12.1. The predicted octanol–water partition coefficient (Wildman–Crippen LogP) is 1.27. The largest absolute Gasteiger partial charge is 0.351 e. The third-order valence-corrected chi connectivity index (χ3v) is 3.80. The van der Waals surface area contributed by atoms with Gasteiger partial charge in [-0.1, -0.05) is 17.7 Å². The molecule has 0 radical (unpaired) electrons. The number of nitrogens with zero attached hydrogens (tertiary/aromatic N) is 1. The highest BCUT2D eigenvalue weighted by molar-refractivity contribution is 6.34. The van der Waals surface area contributed by atoms with E-state index in [1.54, 1.807) is 0 Å². The van der Waals surface area contributed by atoms with Crippen molar-refractivity contribution >= 4 is 41.5 Å². The molecule has 0 spiro atoms. The number of carbonyl (C=O) groups excluding carboxylic acids is 2. The average Bonchev–Trinajstić information content (AvgIpc) is 2.53. The van der Waals surface area contributed by atoms with Gasteiger partial charge in [0.15, 0.2) is 0 Å². The molecule has 3 N–H and O–H groups in total. The quantitative estimate of drug-likeness (QED) is 0.528. The van der Waals surface area contributed by atoms with E-state index in [0.29, 0.717) is 6.54 Å². The Balaban J connectivity index is 0.00000288. The van der Waals surface area contributed by atoms with Crippen LogP contribution in [0.25, 0.3) is 0 Å². The number of nitrogens with one attached hydrogen (secondary N) is 3. The van der Waals surface area contributed by atoms with Crippen molar-refractivity contribution in [3.63, 3.8) is 0 Å². The van der Waals surface area contributed by atoms with Gasteiger partial charge in [-0.15, -0.1) is 12.4 Å².